The molecule has 4 heteroatoms. The largest absolute Gasteiger partial charge is 0.206 e. The van der Waals surface area contributed by atoms with Crippen LogP contribution in [0.15, 0.2) is 12.1 Å². The van der Waals surface area contributed by atoms with E-state index in [1.54, 1.807) is 6.07 Å². The van der Waals surface area contributed by atoms with Gasteiger partial charge in [-0.2, -0.15) is 17.9 Å². The van der Waals surface area contributed by atoms with E-state index in [0.717, 1.165) is 12.1 Å². The van der Waals surface area contributed by atoms with Crippen LogP contribution < -0.4 is 0 Å². The lowest BCUT2D eigenvalue weighted by atomic mass is 10.1. The summed E-state index contributed by atoms with van der Waals surface area (Å²) in [5.41, 5.74) is -0.380. The highest BCUT2D eigenvalue weighted by atomic mass is 32.1. The fourth-order valence-electron chi connectivity index (χ4n) is 0.863. The van der Waals surface area contributed by atoms with E-state index >= 15 is 0 Å². The smallest absolute Gasteiger partial charge is 0.142 e. The van der Waals surface area contributed by atoms with Gasteiger partial charge in [0.05, 0.1) is 16.9 Å². The highest BCUT2D eigenvalue weighted by molar-refractivity contribution is 7.80. The molecule has 0 bridgehead atoms. The Hall–Kier alpha value is -1.52. The SMILES string of the molecule is N#Cc1cc(F)c(C#CCS)cc1F. The average Bonchev–Trinajstić information content (AvgIpc) is 2.18. The zero-order chi connectivity index (χ0) is 10.6. The maximum absolute atomic E-state index is 13.1. The van der Waals surface area contributed by atoms with Gasteiger partial charge in [-0.05, 0) is 12.1 Å². The van der Waals surface area contributed by atoms with Gasteiger partial charge in [0.25, 0.3) is 0 Å². The molecule has 70 valence electrons. The van der Waals surface area contributed by atoms with Gasteiger partial charge in [0.15, 0.2) is 0 Å². The Balaban J connectivity index is 3.23. The Bertz CT molecular complexity index is 452. The van der Waals surface area contributed by atoms with E-state index < -0.39 is 11.6 Å². The van der Waals surface area contributed by atoms with E-state index in [1.165, 1.54) is 0 Å². The second kappa shape index (κ2) is 4.64. The standard InChI is InChI=1S/C10H5F2NS/c11-9-5-8(6-13)10(12)4-7(9)2-1-3-14/h4-5,14H,3H2. The number of halogens is 2. The number of nitriles is 1. The number of hydrogen-bond donors (Lipinski definition) is 1. The van der Waals surface area contributed by atoms with Crippen LogP contribution in [-0.4, -0.2) is 5.75 Å². The zero-order valence-corrected chi connectivity index (χ0v) is 7.91. The molecule has 0 unspecified atom stereocenters. The van der Waals surface area contributed by atoms with Crippen molar-refractivity contribution in [3.8, 4) is 17.9 Å². The van der Waals surface area contributed by atoms with Gasteiger partial charge in [0.2, 0.25) is 0 Å². The van der Waals surface area contributed by atoms with Gasteiger partial charge >= 0.3 is 0 Å². The summed E-state index contributed by atoms with van der Waals surface area (Å²) < 4.78 is 26.1. The lowest BCUT2D eigenvalue weighted by molar-refractivity contribution is 0.594. The first kappa shape index (κ1) is 10.6. The molecule has 1 aromatic rings. The summed E-state index contributed by atoms with van der Waals surface area (Å²) in [5, 5.41) is 8.40. The van der Waals surface area contributed by atoms with Crippen LogP contribution in [-0.2, 0) is 0 Å². The van der Waals surface area contributed by atoms with E-state index in [0.29, 0.717) is 0 Å². The second-order valence-corrected chi connectivity index (χ2v) is 2.70. The van der Waals surface area contributed by atoms with E-state index in [-0.39, 0.29) is 16.9 Å². The fraction of sp³-hybridized carbons (Fsp3) is 0.100. The van der Waals surface area contributed by atoms with Crippen molar-refractivity contribution in [2.45, 2.75) is 0 Å². The van der Waals surface area contributed by atoms with Crippen molar-refractivity contribution in [3.05, 3.63) is 34.9 Å². The van der Waals surface area contributed by atoms with Gasteiger partial charge in [-0.15, -0.1) is 0 Å². The fourth-order valence-corrected chi connectivity index (χ4v) is 0.942. The molecule has 0 aliphatic heterocycles. The lowest BCUT2D eigenvalue weighted by Crippen LogP contribution is -1.91. The van der Waals surface area contributed by atoms with Crippen LogP contribution in [0.4, 0.5) is 8.78 Å². The van der Waals surface area contributed by atoms with E-state index in [4.69, 9.17) is 5.26 Å². The average molecular weight is 209 g/mol. The van der Waals surface area contributed by atoms with Crippen molar-refractivity contribution in [2.75, 3.05) is 5.75 Å². The molecule has 0 spiro atoms. The van der Waals surface area contributed by atoms with Gasteiger partial charge in [-0.3, -0.25) is 0 Å². The van der Waals surface area contributed by atoms with E-state index in [2.05, 4.69) is 24.5 Å². The minimum atomic E-state index is -0.766. The highest BCUT2D eigenvalue weighted by Gasteiger charge is 2.07. The van der Waals surface area contributed by atoms with Crippen molar-refractivity contribution in [3.63, 3.8) is 0 Å². The Morgan fingerprint density at radius 2 is 1.79 bits per heavy atom. The Labute approximate surface area is 85.8 Å². The summed E-state index contributed by atoms with van der Waals surface area (Å²) in [5.74, 6) is 3.70. The topological polar surface area (TPSA) is 23.8 Å². The summed E-state index contributed by atoms with van der Waals surface area (Å²) in [7, 11) is 0. The molecule has 0 saturated carbocycles. The molecule has 1 nitrogen and oxygen atoms in total. The van der Waals surface area contributed by atoms with Gasteiger partial charge in [-0.25, -0.2) is 8.78 Å². The summed E-state index contributed by atoms with van der Waals surface area (Å²) in [6.07, 6.45) is 0. The molecule has 0 fully saturated rings. The minimum absolute atomic E-state index is 0.0597. The summed E-state index contributed by atoms with van der Waals surface area (Å²) in [4.78, 5) is 0. The van der Waals surface area contributed by atoms with Crippen molar-refractivity contribution in [1.29, 1.82) is 5.26 Å². The van der Waals surface area contributed by atoms with Crippen LogP contribution >= 0.6 is 12.6 Å². The van der Waals surface area contributed by atoms with Crippen LogP contribution in [0.3, 0.4) is 0 Å². The number of nitrogens with zero attached hydrogens (tertiary/aromatic N) is 1. The Morgan fingerprint density at radius 3 is 2.36 bits per heavy atom. The summed E-state index contributed by atoms with van der Waals surface area (Å²) >= 11 is 3.81. The zero-order valence-electron chi connectivity index (χ0n) is 7.01. The highest BCUT2D eigenvalue weighted by Crippen LogP contribution is 2.13. The molecule has 0 heterocycles. The predicted octanol–water partition coefficient (Wildman–Crippen LogP) is 2.12. The van der Waals surface area contributed by atoms with Crippen LogP contribution in [0, 0.1) is 34.8 Å². The molecule has 0 atom stereocenters. The normalized spacial score (nSPS) is 8.71. The number of benzene rings is 1. The molecule has 1 rings (SSSR count). The van der Waals surface area contributed by atoms with Gasteiger partial charge < -0.3 is 0 Å². The monoisotopic (exact) mass is 209 g/mol. The Kier molecular flexibility index (Phi) is 3.50. The van der Waals surface area contributed by atoms with Crippen LogP contribution in [0.2, 0.25) is 0 Å². The molecule has 14 heavy (non-hydrogen) atoms. The molecule has 0 aliphatic rings. The number of thiol groups is 1. The second-order valence-electron chi connectivity index (χ2n) is 2.38. The van der Waals surface area contributed by atoms with Crippen molar-refractivity contribution in [2.24, 2.45) is 0 Å². The molecule has 0 saturated heterocycles. The van der Waals surface area contributed by atoms with E-state index in [9.17, 15) is 8.78 Å². The molecular formula is C10H5F2NS. The predicted molar refractivity (Wildman–Crippen MR) is 51.8 cm³/mol. The number of hydrogen-bond acceptors (Lipinski definition) is 2. The van der Waals surface area contributed by atoms with Gasteiger partial charge in [0.1, 0.15) is 17.7 Å². The van der Waals surface area contributed by atoms with E-state index in [1.807, 2.05) is 0 Å². The molecular weight excluding hydrogens is 204 g/mol. The Morgan fingerprint density at radius 1 is 1.21 bits per heavy atom. The third-order valence-corrected chi connectivity index (χ3v) is 1.64. The van der Waals surface area contributed by atoms with Crippen LogP contribution in [0.5, 0.6) is 0 Å². The molecule has 0 amide bonds. The molecule has 0 radical (unpaired) electrons. The van der Waals surface area contributed by atoms with Crippen molar-refractivity contribution < 1.29 is 8.78 Å². The van der Waals surface area contributed by atoms with Gasteiger partial charge in [0, 0.05) is 0 Å². The molecule has 0 N–H and O–H groups in total. The van der Waals surface area contributed by atoms with Crippen molar-refractivity contribution in [1.82, 2.24) is 0 Å². The maximum atomic E-state index is 13.1. The molecule has 0 aromatic heterocycles. The van der Waals surface area contributed by atoms with Crippen LogP contribution in [0.1, 0.15) is 11.1 Å². The first-order valence-electron chi connectivity index (χ1n) is 3.68. The lowest BCUT2D eigenvalue weighted by Gasteiger charge is -1.96. The first-order valence-corrected chi connectivity index (χ1v) is 4.31. The minimum Gasteiger partial charge on any atom is -0.206 e. The molecule has 1 aromatic carbocycles. The third-order valence-electron chi connectivity index (χ3n) is 1.48. The molecule has 0 aliphatic carbocycles. The third kappa shape index (κ3) is 2.25. The summed E-state index contributed by atoms with van der Waals surface area (Å²) in [6.45, 7) is 0. The number of rotatable bonds is 0. The first-order chi connectivity index (χ1) is 6.69. The maximum Gasteiger partial charge on any atom is 0.142 e. The van der Waals surface area contributed by atoms with Crippen LogP contribution in [0.25, 0.3) is 0 Å². The van der Waals surface area contributed by atoms with Crippen molar-refractivity contribution >= 4 is 12.6 Å². The quantitative estimate of drug-likeness (QED) is 0.513. The summed E-state index contributed by atoms with van der Waals surface area (Å²) in [6, 6.07) is 3.28. The van der Waals surface area contributed by atoms with Gasteiger partial charge in [-0.1, -0.05) is 11.8 Å².